The molecule has 3 heteroatoms. The molecule has 0 atom stereocenters. The highest BCUT2D eigenvalue weighted by atomic mass is 16.2. The molecule has 0 aromatic heterocycles. The Kier molecular flexibility index (Phi) is 4.36. The van der Waals surface area contributed by atoms with Crippen molar-refractivity contribution in [3.8, 4) is 0 Å². The van der Waals surface area contributed by atoms with Gasteiger partial charge in [0.1, 0.15) is 0 Å². The number of nitrogens with one attached hydrogen (secondary N) is 1. The molecule has 1 heterocycles. The summed E-state index contributed by atoms with van der Waals surface area (Å²) in [6.07, 6.45) is 2.00. The van der Waals surface area contributed by atoms with Crippen LogP contribution in [0.1, 0.15) is 47.5 Å². The van der Waals surface area contributed by atoms with E-state index in [0.717, 1.165) is 25.9 Å². The lowest BCUT2D eigenvalue weighted by Crippen LogP contribution is -2.47. The lowest BCUT2D eigenvalue weighted by Gasteiger charge is -2.35. The monoisotopic (exact) mass is 226 g/mol. The Morgan fingerprint density at radius 2 is 1.75 bits per heavy atom. The number of likely N-dealkylation sites (tertiary alicyclic amines) is 1. The minimum absolute atomic E-state index is 0.105. The van der Waals surface area contributed by atoms with E-state index < -0.39 is 0 Å². The van der Waals surface area contributed by atoms with E-state index in [9.17, 15) is 4.79 Å². The molecule has 0 aliphatic carbocycles. The van der Waals surface area contributed by atoms with Gasteiger partial charge in [0.25, 0.3) is 0 Å². The summed E-state index contributed by atoms with van der Waals surface area (Å²) in [6, 6.07) is 0.603. The summed E-state index contributed by atoms with van der Waals surface area (Å²) in [5.41, 5.74) is -0.105. The predicted molar refractivity (Wildman–Crippen MR) is 67.3 cm³/mol. The van der Waals surface area contributed by atoms with Gasteiger partial charge in [-0.2, -0.15) is 0 Å². The van der Waals surface area contributed by atoms with Crippen LogP contribution in [-0.2, 0) is 4.79 Å². The smallest absolute Gasteiger partial charge is 0.223 e. The van der Waals surface area contributed by atoms with E-state index in [1.807, 2.05) is 20.8 Å². The SMILES string of the molecule is CC(C)N1CCC(C(=O)NC(C)(C)C)CC1. The molecule has 0 radical (unpaired) electrons. The van der Waals surface area contributed by atoms with Crippen molar-refractivity contribution in [1.29, 1.82) is 0 Å². The second-order valence-corrected chi connectivity index (χ2v) is 6.14. The molecule has 0 aromatic rings. The summed E-state index contributed by atoms with van der Waals surface area (Å²) in [6.45, 7) is 12.7. The van der Waals surface area contributed by atoms with E-state index in [0.29, 0.717) is 6.04 Å². The Morgan fingerprint density at radius 1 is 1.25 bits per heavy atom. The molecule has 16 heavy (non-hydrogen) atoms. The number of nitrogens with zero attached hydrogens (tertiary/aromatic N) is 1. The first kappa shape index (κ1) is 13.5. The highest BCUT2D eigenvalue weighted by Crippen LogP contribution is 2.19. The third-order valence-electron chi connectivity index (χ3n) is 3.13. The van der Waals surface area contributed by atoms with E-state index in [4.69, 9.17) is 0 Å². The van der Waals surface area contributed by atoms with Crippen LogP contribution in [-0.4, -0.2) is 35.5 Å². The third-order valence-corrected chi connectivity index (χ3v) is 3.13. The molecule has 1 N–H and O–H groups in total. The summed E-state index contributed by atoms with van der Waals surface area (Å²) in [5, 5.41) is 3.08. The molecule has 1 fully saturated rings. The van der Waals surface area contributed by atoms with Gasteiger partial charge < -0.3 is 10.2 Å². The minimum atomic E-state index is -0.105. The zero-order valence-corrected chi connectivity index (χ0v) is 11.3. The fraction of sp³-hybridized carbons (Fsp3) is 0.923. The zero-order valence-electron chi connectivity index (χ0n) is 11.3. The lowest BCUT2D eigenvalue weighted by molar-refractivity contribution is -0.128. The molecular formula is C13H26N2O. The van der Waals surface area contributed by atoms with Crippen LogP contribution in [0.15, 0.2) is 0 Å². The zero-order chi connectivity index (χ0) is 12.3. The average Bonchev–Trinajstić information content (AvgIpc) is 2.15. The first-order valence-electron chi connectivity index (χ1n) is 6.35. The molecule has 0 spiro atoms. The Balaban J connectivity index is 2.39. The number of carbonyl (C=O) groups is 1. The summed E-state index contributed by atoms with van der Waals surface area (Å²) >= 11 is 0. The minimum Gasteiger partial charge on any atom is -0.351 e. The quantitative estimate of drug-likeness (QED) is 0.781. The number of rotatable bonds is 2. The van der Waals surface area contributed by atoms with Crippen LogP contribution in [0, 0.1) is 5.92 Å². The maximum absolute atomic E-state index is 12.0. The fourth-order valence-electron chi connectivity index (χ4n) is 2.15. The first-order chi connectivity index (χ1) is 7.29. The van der Waals surface area contributed by atoms with Gasteiger partial charge in [-0.15, -0.1) is 0 Å². The molecule has 94 valence electrons. The van der Waals surface area contributed by atoms with Gasteiger partial charge in [-0.3, -0.25) is 4.79 Å². The van der Waals surface area contributed by atoms with Crippen molar-refractivity contribution < 1.29 is 4.79 Å². The van der Waals surface area contributed by atoms with Crippen LogP contribution in [0.4, 0.5) is 0 Å². The van der Waals surface area contributed by atoms with Crippen LogP contribution in [0.3, 0.4) is 0 Å². The first-order valence-corrected chi connectivity index (χ1v) is 6.35. The van der Waals surface area contributed by atoms with E-state index in [1.54, 1.807) is 0 Å². The predicted octanol–water partition coefficient (Wildman–Crippen LogP) is 2.02. The fourth-order valence-corrected chi connectivity index (χ4v) is 2.15. The van der Waals surface area contributed by atoms with Gasteiger partial charge in [-0.05, 0) is 60.5 Å². The second kappa shape index (κ2) is 5.17. The van der Waals surface area contributed by atoms with Crippen molar-refractivity contribution >= 4 is 5.91 Å². The number of piperidine rings is 1. The Hall–Kier alpha value is -0.570. The van der Waals surface area contributed by atoms with Gasteiger partial charge in [-0.1, -0.05) is 0 Å². The molecule has 1 aliphatic rings. The lowest BCUT2D eigenvalue weighted by atomic mass is 9.94. The third kappa shape index (κ3) is 4.12. The van der Waals surface area contributed by atoms with Crippen molar-refractivity contribution in [1.82, 2.24) is 10.2 Å². The number of amides is 1. The largest absolute Gasteiger partial charge is 0.351 e. The molecule has 1 saturated heterocycles. The highest BCUT2D eigenvalue weighted by Gasteiger charge is 2.27. The van der Waals surface area contributed by atoms with E-state index >= 15 is 0 Å². The topological polar surface area (TPSA) is 32.3 Å². The van der Waals surface area contributed by atoms with Gasteiger partial charge in [0.15, 0.2) is 0 Å². The van der Waals surface area contributed by atoms with Crippen molar-refractivity contribution in [2.75, 3.05) is 13.1 Å². The molecule has 0 bridgehead atoms. The van der Waals surface area contributed by atoms with Crippen molar-refractivity contribution in [3.05, 3.63) is 0 Å². The molecule has 1 aliphatic heterocycles. The van der Waals surface area contributed by atoms with Crippen LogP contribution in [0.5, 0.6) is 0 Å². The molecule has 0 saturated carbocycles. The normalized spacial score (nSPS) is 20.1. The van der Waals surface area contributed by atoms with Gasteiger partial charge in [0, 0.05) is 17.5 Å². The van der Waals surface area contributed by atoms with Crippen LogP contribution >= 0.6 is 0 Å². The van der Waals surface area contributed by atoms with Gasteiger partial charge in [0.2, 0.25) is 5.91 Å². The maximum Gasteiger partial charge on any atom is 0.223 e. The molecule has 1 amide bonds. The van der Waals surface area contributed by atoms with Crippen LogP contribution < -0.4 is 5.32 Å². The van der Waals surface area contributed by atoms with Crippen LogP contribution in [0.2, 0.25) is 0 Å². The summed E-state index contributed by atoms with van der Waals surface area (Å²) in [4.78, 5) is 14.4. The Morgan fingerprint density at radius 3 is 2.12 bits per heavy atom. The molecule has 3 nitrogen and oxygen atoms in total. The van der Waals surface area contributed by atoms with E-state index in [1.165, 1.54) is 0 Å². The molecule has 0 unspecified atom stereocenters. The van der Waals surface area contributed by atoms with Crippen molar-refractivity contribution in [2.45, 2.75) is 59.0 Å². The number of hydrogen-bond acceptors (Lipinski definition) is 2. The summed E-state index contributed by atoms with van der Waals surface area (Å²) in [7, 11) is 0. The standard InChI is InChI=1S/C13H26N2O/c1-10(2)15-8-6-11(7-9-15)12(16)14-13(3,4)5/h10-11H,6-9H2,1-5H3,(H,14,16). The second-order valence-electron chi connectivity index (χ2n) is 6.14. The summed E-state index contributed by atoms with van der Waals surface area (Å²) in [5.74, 6) is 0.449. The van der Waals surface area contributed by atoms with Crippen molar-refractivity contribution in [2.24, 2.45) is 5.92 Å². The van der Waals surface area contributed by atoms with Gasteiger partial charge in [0.05, 0.1) is 0 Å². The summed E-state index contributed by atoms with van der Waals surface area (Å²) < 4.78 is 0. The number of hydrogen-bond donors (Lipinski definition) is 1. The van der Waals surface area contributed by atoms with Crippen molar-refractivity contribution in [3.63, 3.8) is 0 Å². The maximum atomic E-state index is 12.0. The van der Waals surface area contributed by atoms with Gasteiger partial charge in [-0.25, -0.2) is 0 Å². The number of carbonyl (C=O) groups excluding carboxylic acids is 1. The Bertz CT molecular complexity index is 235. The van der Waals surface area contributed by atoms with Gasteiger partial charge >= 0.3 is 0 Å². The molecule has 0 aromatic carbocycles. The highest BCUT2D eigenvalue weighted by molar-refractivity contribution is 5.79. The molecule has 1 rings (SSSR count). The Labute approximate surface area is 99.6 Å². The van der Waals surface area contributed by atoms with Crippen LogP contribution in [0.25, 0.3) is 0 Å². The molecular weight excluding hydrogens is 200 g/mol. The average molecular weight is 226 g/mol. The van der Waals surface area contributed by atoms with E-state index in [-0.39, 0.29) is 17.4 Å². The van der Waals surface area contributed by atoms with E-state index in [2.05, 4.69) is 24.1 Å².